The van der Waals surface area contributed by atoms with Crippen LogP contribution in [0.25, 0.3) is 11.5 Å². The van der Waals surface area contributed by atoms with Crippen LogP contribution >= 0.6 is 0 Å². The van der Waals surface area contributed by atoms with Crippen molar-refractivity contribution in [3.05, 3.63) is 66.0 Å². The molecule has 0 bridgehead atoms. The first-order valence-corrected chi connectivity index (χ1v) is 9.54. The number of piperidine rings is 1. The third-order valence-electron chi connectivity index (χ3n) is 4.82. The minimum atomic E-state index is -0.332. The molecule has 1 saturated heterocycles. The van der Waals surface area contributed by atoms with Gasteiger partial charge in [-0.2, -0.15) is 4.98 Å². The maximum atomic E-state index is 13.3. The highest BCUT2D eigenvalue weighted by Gasteiger charge is 2.25. The van der Waals surface area contributed by atoms with Crippen molar-refractivity contribution < 1.29 is 18.4 Å². The molecule has 3 heterocycles. The van der Waals surface area contributed by atoms with Crippen LogP contribution in [0.2, 0.25) is 0 Å². The summed E-state index contributed by atoms with van der Waals surface area (Å²) in [6, 6.07) is 9.73. The number of likely N-dealkylation sites (tertiary alicyclic amines) is 1. The number of carbonyl (C=O) groups is 1. The highest BCUT2D eigenvalue weighted by atomic mass is 19.1. The molecular formula is C21H21FN4O3. The number of amides is 1. The Labute approximate surface area is 167 Å². The maximum absolute atomic E-state index is 13.3. The second kappa shape index (κ2) is 8.91. The number of benzene rings is 1. The highest BCUT2D eigenvalue weighted by molar-refractivity contribution is 5.78. The summed E-state index contributed by atoms with van der Waals surface area (Å²) in [4.78, 5) is 22.6. The maximum Gasteiger partial charge on any atom is 0.258 e. The molecule has 0 aliphatic carbocycles. The van der Waals surface area contributed by atoms with Gasteiger partial charge in [-0.25, -0.2) is 4.39 Å². The Bertz CT molecular complexity index is 963. The monoisotopic (exact) mass is 396 g/mol. The van der Waals surface area contributed by atoms with Gasteiger partial charge in [-0.1, -0.05) is 17.3 Å². The number of hydrogen-bond donors (Lipinski definition) is 0. The number of rotatable bonds is 6. The number of hydrogen-bond acceptors (Lipinski definition) is 6. The fourth-order valence-corrected chi connectivity index (χ4v) is 3.35. The zero-order valence-electron chi connectivity index (χ0n) is 15.8. The molecule has 29 heavy (non-hydrogen) atoms. The summed E-state index contributed by atoms with van der Waals surface area (Å²) in [5.74, 6) is 0.520. The molecule has 1 fully saturated rings. The lowest BCUT2D eigenvalue weighted by Gasteiger charge is -2.32. The van der Waals surface area contributed by atoms with Gasteiger partial charge in [0.1, 0.15) is 12.4 Å². The molecule has 1 unspecified atom stereocenters. The molecule has 1 aromatic carbocycles. The van der Waals surface area contributed by atoms with Gasteiger partial charge in [0, 0.05) is 31.0 Å². The Morgan fingerprint density at radius 1 is 1.28 bits per heavy atom. The summed E-state index contributed by atoms with van der Waals surface area (Å²) in [7, 11) is 0. The van der Waals surface area contributed by atoms with Crippen molar-refractivity contribution in [3.63, 3.8) is 0 Å². The smallest absolute Gasteiger partial charge is 0.258 e. The van der Waals surface area contributed by atoms with Crippen LogP contribution in [-0.2, 0) is 22.6 Å². The molecule has 1 aliphatic rings. The molecule has 0 saturated carbocycles. The lowest BCUT2D eigenvalue weighted by Crippen LogP contribution is -2.43. The molecule has 150 valence electrons. The van der Waals surface area contributed by atoms with Gasteiger partial charge < -0.3 is 14.2 Å². The van der Waals surface area contributed by atoms with Crippen molar-refractivity contribution >= 4 is 5.91 Å². The van der Waals surface area contributed by atoms with E-state index in [9.17, 15) is 9.18 Å². The number of ether oxygens (including phenoxy) is 1. The Morgan fingerprint density at radius 2 is 2.14 bits per heavy atom. The van der Waals surface area contributed by atoms with Crippen molar-refractivity contribution in [1.82, 2.24) is 20.0 Å². The van der Waals surface area contributed by atoms with Gasteiger partial charge >= 0.3 is 0 Å². The van der Waals surface area contributed by atoms with E-state index in [1.165, 1.54) is 12.1 Å². The SMILES string of the molecule is O=C(Cc1cccc(F)c1)N1CCCC(OCc2noc(-c3ccncc3)n2)C1. The van der Waals surface area contributed by atoms with Gasteiger partial charge in [-0.05, 0) is 42.7 Å². The number of halogens is 1. The van der Waals surface area contributed by atoms with Crippen molar-refractivity contribution in [2.75, 3.05) is 13.1 Å². The van der Waals surface area contributed by atoms with Gasteiger partial charge in [-0.15, -0.1) is 0 Å². The topological polar surface area (TPSA) is 81.4 Å². The minimum absolute atomic E-state index is 0.0246. The van der Waals surface area contributed by atoms with E-state index in [0.29, 0.717) is 30.4 Å². The number of pyridine rings is 1. The molecular weight excluding hydrogens is 375 g/mol. The van der Waals surface area contributed by atoms with Gasteiger partial charge in [0.15, 0.2) is 5.82 Å². The largest absolute Gasteiger partial charge is 0.368 e. The summed E-state index contributed by atoms with van der Waals surface area (Å²) in [5, 5.41) is 3.95. The van der Waals surface area contributed by atoms with Gasteiger partial charge in [-0.3, -0.25) is 9.78 Å². The predicted octanol–water partition coefficient (Wildman–Crippen LogP) is 3.02. The third-order valence-corrected chi connectivity index (χ3v) is 4.82. The molecule has 0 radical (unpaired) electrons. The molecule has 1 atom stereocenters. The number of aromatic nitrogens is 3. The van der Waals surface area contributed by atoms with Crippen molar-refractivity contribution in [1.29, 1.82) is 0 Å². The fourth-order valence-electron chi connectivity index (χ4n) is 3.35. The Balaban J connectivity index is 1.30. The molecule has 1 aliphatic heterocycles. The molecule has 3 aromatic rings. The molecule has 0 spiro atoms. The van der Waals surface area contributed by atoms with Crippen molar-refractivity contribution in [2.45, 2.75) is 32.0 Å². The highest BCUT2D eigenvalue weighted by Crippen LogP contribution is 2.18. The Hall–Kier alpha value is -3.13. The zero-order valence-corrected chi connectivity index (χ0v) is 15.8. The summed E-state index contributed by atoms with van der Waals surface area (Å²) in [6.45, 7) is 1.40. The second-order valence-corrected chi connectivity index (χ2v) is 6.97. The fraction of sp³-hybridized carbons (Fsp3) is 0.333. The first-order chi connectivity index (χ1) is 14.2. The van der Waals surface area contributed by atoms with Crippen LogP contribution < -0.4 is 0 Å². The van der Waals surface area contributed by atoms with E-state index in [1.807, 2.05) is 0 Å². The van der Waals surface area contributed by atoms with Crippen molar-refractivity contribution in [2.24, 2.45) is 0 Å². The Kier molecular flexibility index (Phi) is 5.90. The van der Waals surface area contributed by atoms with Gasteiger partial charge in [0.05, 0.1) is 12.5 Å². The summed E-state index contributed by atoms with van der Waals surface area (Å²) in [5.41, 5.74) is 1.47. The van der Waals surface area contributed by atoms with Crippen LogP contribution in [0.3, 0.4) is 0 Å². The quantitative estimate of drug-likeness (QED) is 0.637. The van der Waals surface area contributed by atoms with Crippen LogP contribution in [0.4, 0.5) is 4.39 Å². The Morgan fingerprint density at radius 3 is 2.97 bits per heavy atom. The molecule has 1 amide bonds. The molecule has 7 nitrogen and oxygen atoms in total. The van der Waals surface area contributed by atoms with E-state index < -0.39 is 0 Å². The minimum Gasteiger partial charge on any atom is -0.368 e. The molecule has 8 heteroatoms. The lowest BCUT2D eigenvalue weighted by molar-refractivity contribution is -0.135. The van der Waals surface area contributed by atoms with Crippen LogP contribution in [0.5, 0.6) is 0 Å². The normalized spacial score (nSPS) is 16.7. The first kappa shape index (κ1) is 19.2. The van der Waals surface area contributed by atoms with Crippen LogP contribution in [0.15, 0.2) is 53.3 Å². The van der Waals surface area contributed by atoms with Crippen LogP contribution in [0, 0.1) is 5.82 Å². The van der Waals surface area contributed by atoms with E-state index in [2.05, 4.69) is 15.1 Å². The van der Waals surface area contributed by atoms with Gasteiger partial charge in [0.2, 0.25) is 5.91 Å². The molecule has 0 N–H and O–H groups in total. The van der Waals surface area contributed by atoms with E-state index >= 15 is 0 Å². The standard InChI is InChI=1S/C21H21FN4O3/c22-17-4-1-3-15(11-17)12-20(27)26-10-2-5-18(13-26)28-14-19-24-21(29-25-19)16-6-8-23-9-7-16/h1,3-4,6-9,11,18H,2,5,10,12-14H2. The molecule has 4 rings (SSSR count). The average molecular weight is 396 g/mol. The van der Waals surface area contributed by atoms with E-state index in [0.717, 1.165) is 18.4 Å². The van der Waals surface area contributed by atoms with Crippen LogP contribution in [-0.4, -0.2) is 45.1 Å². The van der Waals surface area contributed by atoms with Crippen LogP contribution in [0.1, 0.15) is 24.2 Å². The zero-order chi connectivity index (χ0) is 20.1. The summed E-state index contributed by atoms with van der Waals surface area (Å²) in [6.07, 6.45) is 5.13. The second-order valence-electron chi connectivity index (χ2n) is 6.97. The average Bonchev–Trinajstić information content (AvgIpc) is 3.22. The molecule has 2 aromatic heterocycles. The van der Waals surface area contributed by atoms with E-state index in [1.54, 1.807) is 41.6 Å². The van der Waals surface area contributed by atoms with Crippen molar-refractivity contribution in [3.8, 4) is 11.5 Å². The first-order valence-electron chi connectivity index (χ1n) is 9.54. The lowest BCUT2D eigenvalue weighted by atomic mass is 10.1. The third kappa shape index (κ3) is 5.03. The predicted molar refractivity (Wildman–Crippen MR) is 102 cm³/mol. The summed E-state index contributed by atoms with van der Waals surface area (Å²) >= 11 is 0. The number of carbonyl (C=O) groups excluding carboxylic acids is 1. The van der Waals surface area contributed by atoms with E-state index in [4.69, 9.17) is 9.26 Å². The summed E-state index contributed by atoms with van der Waals surface area (Å²) < 4.78 is 24.5. The van der Waals surface area contributed by atoms with E-state index in [-0.39, 0.29) is 30.9 Å². The number of nitrogens with zero attached hydrogens (tertiary/aromatic N) is 4. The van der Waals surface area contributed by atoms with Gasteiger partial charge in [0.25, 0.3) is 5.89 Å².